The van der Waals surface area contributed by atoms with E-state index in [1.54, 1.807) is 0 Å². The molecule has 1 unspecified atom stereocenters. The zero-order valence-corrected chi connectivity index (χ0v) is 19.4. The van der Waals surface area contributed by atoms with Crippen LogP contribution in [0.5, 0.6) is 0 Å². The number of nitrogens with one attached hydrogen (secondary N) is 2. The fraction of sp³-hybridized carbons (Fsp3) is 0.250. The first-order chi connectivity index (χ1) is 17.0. The highest BCUT2D eigenvalue weighted by atomic mass is 16.5. The molecule has 180 valence electrons. The molecule has 0 saturated heterocycles. The molecule has 7 nitrogen and oxygen atoms in total. The number of carboxylic acids is 1. The van der Waals surface area contributed by atoms with Crippen LogP contribution in [-0.2, 0) is 14.3 Å². The van der Waals surface area contributed by atoms with Crippen LogP contribution in [0.3, 0.4) is 0 Å². The zero-order chi connectivity index (χ0) is 24.8. The molecule has 4 rings (SSSR count). The van der Waals surface area contributed by atoms with Crippen LogP contribution in [0.1, 0.15) is 48.4 Å². The summed E-state index contributed by atoms with van der Waals surface area (Å²) in [6, 6.07) is 23.8. The largest absolute Gasteiger partial charge is 0.481 e. The van der Waals surface area contributed by atoms with Gasteiger partial charge in [0, 0.05) is 5.92 Å². The lowest BCUT2D eigenvalue weighted by atomic mass is 9.98. The van der Waals surface area contributed by atoms with E-state index in [0.717, 1.165) is 27.8 Å². The van der Waals surface area contributed by atoms with Gasteiger partial charge in [0.05, 0.1) is 12.5 Å². The Kier molecular flexibility index (Phi) is 7.45. The van der Waals surface area contributed by atoms with Gasteiger partial charge in [-0.2, -0.15) is 0 Å². The Morgan fingerprint density at radius 1 is 0.857 bits per heavy atom. The summed E-state index contributed by atoms with van der Waals surface area (Å²) < 4.78 is 5.49. The topological polar surface area (TPSA) is 105 Å². The number of ether oxygens (including phenoxy) is 1. The van der Waals surface area contributed by atoms with Gasteiger partial charge in [0.15, 0.2) is 0 Å². The van der Waals surface area contributed by atoms with Gasteiger partial charge >= 0.3 is 12.1 Å². The molecule has 0 aromatic heterocycles. The number of benzene rings is 3. The number of carbonyl (C=O) groups excluding carboxylic acids is 2. The molecule has 0 fully saturated rings. The lowest BCUT2D eigenvalue weighted by molar-refractivity contribution is -0.140. The minimum absolute atomic E-state index is 0.0723. The van der Waals surface area contributed by atoms with E-state index >= 15 is 0 Å². The predicted octanol–water partition coefficient (Wildman–Crippen LogP) is 4.64. The molecule has 0 spiro atoms. The Bertz CT molecular complexity index is 1170. The molecule has 2 amide bonds. The molecular weight excluding hydrogens is 444 g/mol. The molecule has 0 saturated carbocycles. The van der Waals surface area contributed by atoms with Gasteiger partial charge in [0.1, 0.15) is 12.6 Å². The molecule has 0 aliphatic heterocycles. The Labute approximate surface area is 204 Å². The van der Waals surface area contributed by atoms with Crippen LogP contribution >= 0.6 is 0 Å². The van der Waals surface area contributed by atoms with E-state index in [1.807, 2.05) is 85.8 Å². The quantitative estimate of drug-likeness (QED) is 0.421. The highest BCUT2D eigenvalue weighted by Crippen LogP contribution is 2.44. The minimum Gasteiger partial charge on any atom is -0.481 e. The van der Waals surface area contributed by atoms with Gasteiger partial charge in [-0.1, -0.05) is 85.8 Å². The molecule has 3 aromatic carbocycles. The number of hydrogen-bond donors (Lipinski definition) is 3. The minimum atomic E-state index is -1.26. The van der Waals surface area contributed by atoms with Crippen molar-refractivity contribution in [2.75, 3.05) is 6.61 Å². The van der Waals surface area contributed by atoms with Crippen LogP contribution in [0.4, 0.5) is 4.79 Å². The van der Waals surface area contributed by atoms with E-state index in [9.17, 15) is 19.5 Å². The zero-order valence-electron chi connectivity index (χ0n) is 19.4. The van der Waals surface area contributed by atoms with Crippen LogP contribution < -0.4 is 10.6 Å². The molecule has 0 heterocycles. The van der Waals surface area contributed by atoms with Crippen LogP contribution in [-0.4, -0.2) is 35.7 Å². The molecule has 3 N–H and O–H groups in total. The van der Waals surface area contributed by atoms with Crippen molar-refractivity contribution in [3.63, 3.8) is 0 Å². The van der Waals surface area contributed by atoms with Gasteiger partial charge in [0.2, 0.25) is 5.91 Å². The lowest BCUT2D eigenvalue weighted by Crippen LogP contribution is -2.49. The Balaban J connectivity index is 1.42. The summed E-state index contributed by atoms with van der Waals surface area (Å²) in [7, 11) is 0. The molecule has 1 aliphatic carbocycles. The number of carbonyl (C=O) groups is 3. The van der Waals surface area contributed by atoms with Crippen molar-refractivity contribution in [2.45, 2.75) is 37.8 Å². The highest BCUT2D eigenvalue weighted by Gasteiger charge is 2.30. The third-order valence-electron chi connectivity index (χ3n) is 6.26. The van der Waals surface area contributed by atoms with Crippen molar-refractivity contribution in [1.82, 2.24) is 10.6 Å². The fourth-order valence-electron chi connectivity index (χ4n) is 4.54. The molecule has 0 radical (unpaired) electrons. The second-order valence-corrected chi connectivity index (χ2v) is 8.50. The highest BCUT2D eigenvalue weighted by molar-refractivity contribution is 5.89. The second kappa shape index (κ2) is 10.9. The van der Waals surface area contributed by atoms with Crippen molar-refractivity contribution in [1.29, 1.82) is 0 Å². The maximum atomic E-state index is 12.9. The van der Waals surface area contributed by atoms with Crippen molar-refractivity contribution in [2.24, 2.45) is 0 Å². The van der Waals surface area contributed by atoms with Crippen LogP contribution in [0.2, 0.25) is 0 Å². The predicted molar refractivity (Wildman–Crippen MR) is 132 cm³/mol. The van der Waals surface area contributed by atoms with E-state index < -0.39 is 30.4 Å². The SMILES string of the molecule is CC[C@@H](NC(=O)C(CC(=O)O)NC(=O)OCC1c2ccccc2-c2ccccc21)c1ccccc1. The summed E-state index contributed by atoms with van der Waals surface area (Å²) >= 11 is 0. The molecule has 0 bridgehead atoms. The first kappa shape index (κ1) is 24.0. The van der Waals surface area contributed by atoms with Gasteiger partial charge in [-0.25, -0.2) is 4.79 Å². The smallest absolute Gasteiger partial charge is 0.407 e. The third-order valence-corrected chi connectivity index (χ3v) is 6.26. The maximum Gasteiger partial charge on any atom is 0.407 e. The molecule has 35 heavy (non-hydrogen) atoms. The van der Waals surface area contributed by atoms with E-state index in [2.05, 4.69) is 10.6 Å². The summed E-state index contributed by atoms with van der Waals surface area (Å²) in [5.41, 5.74) is 5.24. The summed E-state index contributed by atoms with van der Waals surface area (Å²) in [4.78, 5) is 36.9. The van der Waals surface area contributed by atoms with Gasteiger partial charge in [-0.3, -0.25) is 9.59 Å². The van der Waals surface area contributed by atoms with Crippen molar-refractivity contribution < 1.29 is 24.2 Å². The van der Waals surface area contributed by atoms with Gasteiger partial charge in [-0.15, -0.1) is 0 Å². The number of amides is 2. The first-order valence-electron chi connectivity index (χ1n) is 11.7. The lowest BCUT2D eigenvalue weighted by Gasteiger charge is -2.22. The van der Waals surface area contributed by atoms with Gasteiger partial charge in [-0.05, 0) is 34.2 Å². The number of hydrogen-bond acceptors (Lipinski definition) is 4. The monoisotopic (exact) mass is 472 g/mol. The number of aliphatic carboxylic acids is 1. The van der Waals surface area contributed by atoms with Crippen LogP contribution in [0.15, 0.2) is 78.9 Å². The Hall–Kier alpha value is -4.13. The van der Waals surface area contributed by atoms with Crippen LogP contribution in [0, 0.1) is 0 Å². The molecule has 1 aliphatic rings. The first-order valence-corrected chi connectivity index (χ1v) is 11.7. The Morgan fingerprint density at radius 2 is 1.43 bits per heavy atom. The van der Waals surface area contributed by atoms with E-state index in [1.165, 1.54) is 0 Å². The van der Waals surface area contributed by atoms with Gasteiger partial charge < -0.3 is 20.5 Å². The standard InChI is InChI=1S/C28H28N2O5/c1-2-24(18-10-4-3-5-11-18)29-27(33)25(16-26(31)32)30-28(34)35-17-23-21-14-8-6-12-19(21)20-13-7-9-15-22(20)23/h3-15,23-25H,2,16-17H2,1H3,(H,29,33)(H,30,34)(H,31,32)/t24-,25?/m1/s1. The summed E-state index contributed by atoms with van der Waals surface area (Å²) in [5, 5.41) is 14.6. The van der Waals surface area contributed by atoms with Crippen LogP contribution in [0.25, 0.3) is 11.1 Å². The van der Waals surface area contributed by atoms with Gasteiger partial charge in [0.25, 0.3) is 0 Å². The number of fused-ring (bicyclic) bond motifs is 3. The Morgan fingerprint density at radius 3 is 2.00 bits per heavy atom. The van der Waals surface area contributed by atoms with E-state index in [0.29, 0.717) is 6.42 Å². The van der Waals surface area contributed by atoms with E-state index in [4.69, 9.17) is 4.74 Å². The molecule has 7 heteroatoms. The summed E-state index contributed by atoms with van der Waals surface area (Å²) in [5.74, 6) is -1.91. The number of alkyl carbamates (subject to hydrolysis) is 1. The number of carboxylic acid groups (broad SMARTS) is 1. The number of rotatable bonds is 9. The summed E-state index contributed by atoms with van der Waals surface area (Å²) in [6.45, 7) is 1.99. The average molecular weight is 473 g/mol. The fourth-order valence-corrected chi connectivity index (χ4v) is 4.54. The molecular formula is C28H28N2O5. The molecule has 3 aromatic rings. The summed E-state index contributed by atoms with van der Waals surface area (Å²) in [6.07, 6.45) is -0.775. The third kappa shape index (κ3) is 5.51. The normalized spacial score (nSPS) is 13.7. The van der Waals surface area contributed by atoms with E-state index in [-0.39, 0.29) is 18.6 Å². The van der Waals surface area contributed by atoms with Crippen molar-refractivity contribution in [3.05, 3.63) is 95.6 Å². The average Bonchev–Trinajstić information content (AvgIpc) is 3.19. The molecule has 2 atom stereocenters. The van der Waals surface area contributed by atoms with Crippen molar-refractivity contribution >= 4 is 18.0 Å². The second-order valence-electron chi connectivity index (χ2n) is 8.50. The van der Waals surface area contributed by atoms with Crippen molar-refractivity contribution in [3.8, 4) is 11.1 Å². The maximum absolute atomic E-state index is 12.9.